The quantitative estimate of drug-likeness (QED) is 0.226. The predicted molar refractivity (Wildman–Crippen MR) is 134 cm³/mol. The van der Waals surface area contributed by atoms with Crippen LogP contribution in [0.5, 0.6) is 5.75 Å². The second-order valence-electron chi connectivity index (χ2n) is 7.92. The number of β-amino-alcohol motifs (C(OH)–C–C–N with tert-alkyl or cyclic N) is 1. The Balaban J connectivity index is 1.66. The van der Waals surface area contributed by atoms with Crippen molar-refractivity contribution in [2.24, 2.45) is 4.99 Å². The van der Waals surface area contributed by atoms with Crippen LogP contribution in [-0.2, 0) is 9.59 Å². The Morgan fingerprint density at radius 2 is 1.94 bits per heavy atom. The Hall–Kier alpha value is -3.74. The van der Waals surface area contributed by atoms with Crippen molar-refractivity contribution in [3.05, 3.63) is 51.5 Å². The summed E-state index contributed by atoms with van der Waals surface area (Å²) in [6, 6.07) is 5.90. The lowest BCUT2D eigenvalue weighted by atomic mass is 10.0. The van der Waals surface area contributed by atoms with Crippen molar-refractivity contribution in [2.75, 3.05) is 30.7 Å². The molecule has 2 amide bonds. The number of phenols is 1. The molecule has 0 spiro atoms. The highest BCUT2D eigenvalue weighted by Gasteiger charge is 2.23. The number of halogens is 2. The molecule has 9 N–H and O–H groups in total. The molecule has 1 heterocycles. The lowest BCUT2D eigenvalue weighted by Crippen LogP contribution is -2.42. The number of amides is 2. The van der Waals surface area contributed by atoms with E-state index in [1.165, 1.54) is 24.3 Å². The highest BCUT2D eigenvalue weighted by Crippen LogP contribution is 2.36. The summed E-state index contributed by atoms with van der Waals surface area (Å²) in [7, 11) is 0. The Morgan fingerprint density at radius 1 is 1.19 bits per heavy atom. The van der Waals surface area contributed by atoms with E-state index in [1.54, 1.807) is 6.07 Å². The molecule has 0 radical (unpaired) electrons. The average Bonchev–Trinajstić information content (AvgIpc) is 2.80. The van der Waals surface area contributed by atoms with Crippen LogP contribution in [0, 0.1) is 0 Å². The summed E-state index contributed by atoms with van der Waals surface area (Å²) >= 11 is 11.9. The number of rotatable bonds is 8. The number of nitrogen functional groups attached to an aromatic ring is 1. The van der Waals surface area contributed by atoms with Gasteiger partial charge in [0.15, 0.2) is 5.96 Å². The lowest BCUT2D eigenvalue weighted by Gasteiger charge is -2.20. The molecule has 1 aliphatic heterocycles. The summed E-state index contributed by atoms with van der Waals surface area (Å²) in [5.74, 6) is -2.58. The largest absolute Gasteiger partial charge is 0.506 e. The molecule has 2 aromatic carbocycles. The molecule has 2 unspecified atom stereocenters. The minimum absolute atomic E-state index is 0.0212. The normalized spacial score (nSPS) is 15.8. The summed E-state index contributed by atoms with van der Waals surface area (Å²) in [5, 5.41) is 39.7. The summed E-state index contributed by atoms with van der Waals surface area (Å²) < 4.78 is 0. The summed E-state index contributed by atoms with van der Waals surface area (Å²) in [6.07, 6.45) is -1.15. The third-order valence-corrected chi connectivity index (χ3v) is 5.51. The highest BCUT2D eigenvalue weighted by molar-refractivity contribution is 6.35. The maximum Gasteiger partial charge on any atom is 0.305 e. The number of phenolic OH excluding ortho intramolecular Hbond substituents is 1. The number of hydrogen-bond donors (Lipinski definition) is 8. The van der Waals surface area contributed by atoms with Gasteiger partial charge in [-0.15, -0.1) is 0 Å². The van der Waals surface area contributed by atoms with Crippen molar-refractivity contribution in [1.82, 2.24) is 16.0 Å². The molecule has 0 saturated heterocycles. The number of aliphatic imine (C=N–C) groups is 1. The third kappa shape index (κ3) is 7.38. The van der Waals surface area contributed by atoms with Gasteiger partial charge in [0.05, 0.1) is 36.7 Å². The van der Waals surface area contributed by atoms with Gasteiger partial charge in [0, 0.05) is 34.1 Å². The van der Waals surface area contributed by atoms with E-state index in [2.05, 4.69) is 26.3 Å². The van der Waals surface area contributed by atoms with Crippen molar-refractivity contribution < 1.29 is 29.7 Å². The van der Waals surface area contributed by atoms with Crippen molar-refractivity contribution in [1.29, 1.82) is 0 Å². The summed E-state index contributed by atoms with van der Waals surface area (Å²) in [6.45, 7) is 0.0501. The topological polar surface area (TPSA) is 198 Å². The molecule has 3 rings (SSSR count). The standard InChI is InChI=1S/C22H24Cl2N6O6/c23-11-3-15(20(35)16(24)4-11)17(6-19(33)34)30-18(32)9-26-21(36)10-1-12(25)5-13(2-10)29-22-27-7-14(31)8-28-22/h1-5,14,17,31,35H,6-9,25H2,(H,26,36)(H,30,32)(H,33,34)(H2,27,28,29). The minimum atomic E-state index is -1.24. The van der Waals surface area contributed by atoms with Gasteiger partial charge in [-0.25, -0.2) is 0 Å². The maximum absolute atomic E-state index is 12.6. The molecule has 0 aliphatic carbocycles. The van der Waals surface area contributed by atoms with E-state index in [-0.39, 0.29) is 33.4 Å². The van der Waals surface area contributed by atoms with Crippen molar-refractivity contribution in [2.45, 2.75) is 18.6 Å². The van der Waals surface area contributed by atoms with Crippen LogP contribution in [0.4, 0.5) is 11.4 Å². The van der Waals surface area contributed by atoms with Crippen LogP contribution < -0.4 is 27.0 Å². The fraction of sp³-hybridized carbons (Fsp3) is 0.273. The zero-order valence-corrected chi connectivity index (χ0v) is 20.2. The average molecular weight is 539 g/mol. The van der Waals surface area contributed by atoms with Gasteiger partial charge in [-0.05, 0) is 30.3 Å². The first kappa shape index (κ1) is 26.9. The number of carbonyl (C=O) groups is 3. The molecule has 2 atom stereocenters. The van der Waals surface area contributed by atoms with E-state index in [4.69, 9.17) is 28.9 Å². The van der Waals surface area contributed by atoms with Crippen molar-refractivity contribution in [3.8, 4) is 5.75 Å². The molecule has 14 heteroatoms. The third-order valence-electron chi connectivity index (χ3n) is 5.00. The number of hydrogen-bond acceptors (Lipinski definition) is 9. The van der Waals surface area contributed by atoms with Gasteiger partial charge < -0.3 is 42.3 Å². The molecule has 0 aromatic heterocycles. The SMILES string of the molecule is Nc1cc(NC2=NCC(O)CN2)cc(C(=O)NCC(=O)NC(CC(=O)O)c2cc(Cl)cc(Cl)c2O)c1. The van der Waals surface area contributed by atoms with E-state index in [1.807, 2.05) is 0 Å². The monoisotopic (exact) mass is 538 g/mol. The van der Waals surface area contributed by atoms with Gasteiger partial charge in [-0.3, -0.25) is 19.4 Å². The van der Waals surface area contributed by atoms with Crippen LogP contribution in [-0.4, -0.2) is 64.8 Å². The van der Waals surface area contributed by atoms with Gasteiger partial charge >= 0.3 is 5.97 Å². The number of aliphatic hydroxyl groups excluding tert-OH is 1. The van der Waals surface area contributed by atoms with Crippen LogP contribution in [0.15, 0.2) is 35.3 Å². The predicted octanol–water partition coefficient (Wildman–Crippen LogP) is 1.08. The lowest BCUT2D eigenvalue weighted by molar-refractivity contribution is -0.137. The molecule has 1 aliphatic rings. The molecule has 12 nitrogen and oxygen atoms in total. The first-order chi connectivity index (χ1) is 17.0. The number of aliphatic carboxylic acids is 1. The smallest absolute Gasteiger partial charge is 0.305 e. The number of nitrogens with zero attached hydrogens (tertiary/aromatic N) is 1. The van der Waals surface area contributed by atoms with E-state index >= 15 is 0 Å². The number of carboxylic acid groups (broad SMARTS) is 1. The highest BCUT2D eigenvalue weighted by atomic mass is 35.5. The fourth-order valence-electron chi connectivity index (χ4n) is 3.38. The number of aromatic hydroxyl groups is 1. The van der Waals surface area contributed by atoms with Crippen molar-refractivity contribution >= 4 is 58.3 Å². The number of guanidine groups is 1. The minimum Gasteiger partial charge on any atom is -0.506 e. The Morgan fingerprint density at radius 3 is 2.61 bits per heavy atom. The second kappa shape index (κ2) is 11.8. The van der Waals surface area contributed by atoms with Crippen molar-refractivity contribution in [3.63, 3.8) is 0 Å². The first-order valence-electron chi connectivity index (χ1n) is 10.6. The number of aliphatic hydroxyl groups is 1. The molecular weight excluding hydrogens is 515 g/mol. The zero-order valence-electron chi connectivity index (χ0n) is 18.7. The maximum atomic E-state index is 12.6. The fourth-order valence-corrected chi connectivity index (χ4v) is 3.89. The van der Waals surface area contributed by atoms with Crippen LogP contribution in [0.3, 0.4) is 0 Å². The summed E-state index contributed by atoms with van der Waals surface area (Å²) in [5.41, 5.74) is 6.81. The van der Waals surface area contributed by atoms with Gasteiger partial charge in [0.2, 0.25) is 5.91 Å². The number of carbonyl (C=O) groups excluding carboxylic acids is 2. The van der Waals surface area contributed by atoms with Gasteiger partial charge in [-0.1, -0.05) is 23.2 Å². The number of nitrogens with two attached hydrogens (primary N) is 1. The van der Waals surface area contributed by atoms with Crippen LogP contribution in [0.25, 0.3) is 0 Å². The Kier molecular flexibility index (Phi) is 8.80. The van der Waals surface area contributed by atoms with Crippen LogP contribution >= 0.6 is 23.2 Å². The Bertz CT molecular complexity index is 1210. The zero-order chi connectivity index (χ0) is 26.4. The number of benzene rings is 2. The molecular formula is C22H24Cl2N6O6. The first-order valence-corrected chi connectivity index (χ1v) is 11.4. The van der Waals surface area contributed by atoms with E-state index in [0.29, 0.717) is 18.2 Å². The molecule has 192 valence electrons. The second-order valence-corrected chi connectivity index (χ2v) is 8.76. The van der Waals surface area contributed by atoms with Gasteiger partial charge in [0.1, 0.15) is 5.75 Å². The molecule has 0 fully saturated rings. The van der Waals surface area contributed by atoms with E-state index in [0.717, 1.165) is 0 Å². The van der Waals surface area contributed by atoms with Crippen LogP contribution in [0.2, 0.25) is 10.0 Å². The van der Waals surface area contributed by atoms with E-state index in [9.17, 15) is 29.7 Å². The number of anilines is 2. The van der Waals surface area contributed by atoms with Gasteiger partial charge in [0.25, 0.3) is 5.91 Å². The van der Waals surface area contributed by atoms with Gasteiger partial charge in [-0.2, -0.15) is 0 Å². The Labute approximate surface area is 215 Å². The molecule has 0 bridgehead atoms. The molecule has 36 heavy (non-hydrogen) atoms. The molecule has 0 saturated carbocycles. The van der Waals surface area contributed by atoms with E-state index < -0.39 is 48.6 Å². The summed E-state index contributed by atoms with van der Waals surface area (Å²) in [4.78, 5) is 40.6. The number of carboxylic acids is 1. The van der Waals surface area contributed by atoms with Crippen LogP contribution in [0.1, 0.15) is 28.4 Å². The molecule has 2 aromatic rings. The number of nitrogens with one attached hydrogen (secondary N) is 4.